The zero-order valence-corrected chi connectivity index (χ0v) is 22.3. The van der Waals surface area contributed by atoms with E-state index in [0.717, 1.165) is 0 Å². The van der Waals surface area contributed by atoms with Crippen LogP contribution in [0.25, 0.3) is 41.8 Å². The van der Waals surface area contributed by atoms with Crippen molar-refractivity contribution in [2.45, 2.75) is 13.8 Å². The minimum atomic E-state index is 1.30. The van der Waals surface area contributed by atoms with Gasteiger partial charge in [0.2, 0.25) is 0 Å². The molecule has 2 aromatic carbocycles. The molecule has 0 N–H and O–H groups in total. The summed E-state index contributed by atoms with van der Waals surface area (Å²) in [6.07, 6.45) is 0. The lowest BCUT2D eigenvalue weighted by Gasteiger charge is -2.00. The van der Waals surface area contributed by atoms with Crippen molar-refractivity contribution in [3.05, 3.63) is 118 Å². The number of hydrogen-bond acceptors (Lipinski definition) is 4. The van der Waals surface area contributed by atoms with Gasteiger partial charge in [-0.2, -0.15) is 0 Å². The van der Waals surface area contributed by atoms with Crippen molar-refractivity contribution in [3.63, 3.8) is 0 Å². The maximum absolute atomic E-state index is 2.22. The molecule has 34 heavy (non-hydrogen) atoms. The van der Waals surface area contributed by atoms with E-state index in [1.54, 1.807) is 22.7 Å². The van der Waals surface area contributed by atoms with Gasteiger partial charge in [-0.15, -0.1) is 45.3 Å². The first-order valence-electron chi connectivity index (χ1n) is 11.1. The van der Waals surface area contributed by atoms with Crippen LogP contribution in [-0.4, -0.2) is 0 Å². The number of rotatable bonds is 4. The number of hydrogen-bond donors (Lipinski definition) is 0. The highest BCUT2D eigenvalue weighted by atomic mass is 32.1. The van der Waals surface area contributed by atoms with Crippen molar-refractivity contribution in [3.8, 4) is 41.8 Å². The summed E-state index contributed by atoms with van der Waals surface area (Å²) in [4.78, 5) is 8.09. The molecule has 168 valence electrons. The van der Waals surface area contributed by atoms with E-state index in [0.29, 0.717) is 0 Å². The lowest BCUT2D eigenvalue weighted by atomic mass is 10.1. The molecule has 0 saturated heterocycles. The zero-order valence-electron chi connectivity index (χ0n) is 19.0. The summed E-state index contributed by atoms with van der Waals surface area (Å²) in [5.74, 6) is 0. The van der Waals surface area contributed by atoms with Gasteiger partial charge in [-0.05, 0) is 83.3 Å². The predicted molar refractivity (Wildman–Crippen MR) is 156 cm³/mol. The van der Waals surface area contributed by atoms with Crippen molar-refractivity contribution in [2.75, 3.05) is 0 Å². The summed E-state index contributed by atoms with van der Waals surface area (Å²) in [7, 11) is 0. The van der Waals surface area contributed by atoms with Gasteiger partial charge < -0.3 is 0 Å². The molecular formula is C30H24S4. The zero-order chi connectivity index (χ0) is 23.3. The van der Waals surface area contributed by atoms with Crippen molar-refractivity contribution in [1.82, 2.24) is 0 Å². The molecule has 6 aromatic rings. The van der Waals surface area contributed by atoms with Gasteiger partial charge in [0, 0.05) is 29.3 Å². The molecule has 0 atom stereocenters. The van der Waals surface area contributed by atoms with E-state index in [1.165, 1.54) is 51.5 Å². The van der Waals surface area contributed by atoms with Gasteiger partial charge >= 0.3 is 0 Å². The SMILES string of the molecule is Cc1ccc(-c2ccc(-c3ccc(C)s3)cc2)s1.c1csc(-c2ccc(-c3cccs3)cc2)c1. The van der Waals surface area contributed by atoms with Crippen LogP contribution in [0, 0.1) is 13.8 Å². The molecule has 0 radical (unpaired) electrons. The van der Waals surface area contributed by atoms with Gasteiger partial charge in [-0.25, -0.2) is 0 Å². The third-order valence-corrected chi connectivity index (χ3v) is 9.37. The summed E-state index contributed by atoms with van der Waals surface area (Å²) < 4.78 is 0. The Morgan fingerprint density at radius 3 is 1.00 bits per heavy atom. The summed E-state index contributed by atoms with van der Waals surface area (Å²) in [6, 6.07) is 34.9. The Hall–Kier alpha value is -2.76. The van der Waals surface area contributed by atoms with E-state index >= 15 is 0 Å². The maximum Gasteiger partial charge on any atom is 0.0345 e. The van der Waals surface area contributed by atoms with Gasteiger partial charge in [0.15, 0.2) is 0 Å². The van der Waals surface area contributed by atoms with E-state index < -0.39 is 0 Å². The molecule has 0 bridgehead atoms. The molecule has 4 heteroatoms. The van der Waals surface area contributed by atoms with Gasteiger partial charge in [0.05, 0.1) is 0 Å². The van der Waals surface area contributed by atoms with Gasteiger partial charge in [0.1, 0.15) is 0 Å². The van der Waals surface area contributed by atoms with Crippen LogP contribution in [0.1, 0.15) is 9.75 Å². The van der Waals surface area contributed by atoms with Crippen LogP contribution < -0.4 is 0 Å². The number of thiophene rings is 4. The third kappa shape index (κ3) is 5.48. The highest BCUT2D eigenvalue weighted by Crippen LogP contribution is 2.32. The quantitative estimate of drug-likeness (QED) is 0.220. The van der Waals surface area contributed by atoms with Crippen molar-refractivity contribution in [1.29, 1.82) is 0 Å². The Bertz CT molecular complexity index is 1320. The maximum atomic E-state index is 2.22. The Morgan fingerprint density at radius 1 is 0.382 bits per heavy atom. The summed E-state index contributed by atoms with van der Waals surface area (Å²) in [6.45, 7) is 4.30. The van der Waals surface area contributed by atoms with E-state index in [4.69, 9.17) is 0 Å². The molecule has 4 heterocycles. The van der Waals surface area contributed by atoms with Crippen LogP contribution >= 0.6 is 45.3 Å². The Morgan fingerprint density at radius 2 is 0.735 bits per heavy atom. The lowest BCUT2D eigenvalue weighted by molar-refractivity contribution is 1.64. The van der Waals surface area contributed by atoms with E-state index in [1.807, 2.05) is 22.7 Å². The molecular weight excluding hydrogens is 489 g/mol. The van der Waals surface area contributed by atoms with E-state index in [-0.39, 0.29) is 0 Å². The Kier molecular flexibility index (Phi) is 7.21. The Balaban J connectivity index is 0.000000142. The summed E-state index contributed by atoms with van der Waals surface area (Å²) in [5.41, 5.74) is 5.22. The fourth-order valence-electron chi connectivity index (χ4n) is 3.66. The average Bonchev–Trinajstić information content (AvgIpc) is 3.68. The molecule has 0 amide bonds. The van der Waals surface area contributed by atoms with E-state index in [9.17, 15) is 0 Å². The highest BCUT2D eigenvalue weighted by molar-refractivity contribution is 7.16. The van der Waals surface area contributed by atoms with Crippen LogP contribution in [0.3, 0.4) is 0 Å². The van der Waals surface area contributed by atoms with Crippen LogP contribution in [-0.2, 0) is 0 Å². The first kappa shape index (κ1) is 23.0. The van der Waals surface area contributed by atoms with Gasteiger partial charge in [-0.3, -0.25) is 0 Å². The molecule has 0 fully saturated rings. The second kappa shape index (κ2) is 10.7. The first-order valence-corrected chi connectivity index (χ1v) is 14.5. The second-order valence-electron chi connectivity index (χ2n) is 7.93. The van der Waals surface area contributed by atoms with Gasteiger partial charge in [0.25, 0.3) is 0 Å². The van der Waals surface area contributed by atoms with Crippen molar-refractivity contribution >= 4 is 45.3 Å². The molecule has 4 aromatic heterocycles. The second-order valence-corrected chi connectivity index (χ2v) is 12.4. The number of aryl methyl sites for hydroxylation is 2. The Labute approximate surface area is 217 Å². The van der Waals surface area contributed by atoms with Crippen molar-refractivity contribution in [2.24, 2.45) is 0 Å². The molecule has 0 saturated carbocycles. The van der Waals surface area contributed by atoms with E-state index in [2.05, 4.69) is 122 Å². The van der Waals surface area contributed by atoms with Crippen LogP contribution in [0.4, 0.5) is 0 Å². The summed E-state index contributed by atoms with van der Waals surface area (Å²) in [5, 5.41) is 4.23. The lowest BCUT2D eigenvalue weighted by Crippen LogP contribution is -1.74. The fourth-order valence-corrected chi connectivity index (χ4v) is 6.87. The molecule has 6 rings (SSSR count). The van der Waals surface area contributed by atoms with Crippen LogP contribution in [0.15, 0.2) is 108 Å². The molecule has 0 nitrogen and oxygen atoms in total. The molecule has 0 aliphatic carbocycles. The standard InChI is InChI=1S/C16H14S2.C14H10S2/c1-11-3-9-15(17-11)13-5-7-14(8-6-13)16-10-4-12(2)18-16;1-3-13(15-9-1)11-5-7-12(8-6-11)14-4-2-10-16-14/h3-10H,1-2H3;1-10H. The largest absolute Gasteiger partial charge is 0.144 e. The highest BCUT2D eigenvalue weighted by Gasteiger charge is 2.04. The molecule has 0 aliphatic heterocycles. The van der Waals surface area contributed by atoms with Crippen LogP contribution in [0.5, 0.6) is 0 Å². The summed E-state index contributed by atoms with van der Waals surface area (Å²) >= 11 is 7.26. The molecule has 0 unspecified atom stereocenters. The number of benzene rings is 2. The average molecular weight is 513 g/mol. The first-order chi connectivity index (χ1) is 16.7. The van der Waals surface area contributed by atoms with Gasteiger partial charge in [-0.1, -0.05) is 60.7 Å². The molecule has 0 aliphatic rings. The fraction of sp³-hybridized carbons (Fsp3) is 0.0667. The van der Waals surface area contributed by atoms with Crippen LogP contribution in [0.2, 0.25) is 0 Å². The minimum Gasteiger partial charge on any atom is -0.144 e. The predicted octanol–water partition coefficient (Wildman–Crippen LogP) is 10.9. The third-order valence-electron chi connectivity index (χ3n) is 5.43. The monoisotopic (exact) mass is 512 g/mol. The smallest absolute Gasteiger partial charge is 0.0345 e. The normalized spacial score (nSPS) is 10.6. The topological polar surface area (TPSA) is 0 Å². The minimum absolute atomic E-state index is 1.30. The van der Waals surface area contributed by atoms with Crippen molar-refractivity contribution < 1.29 is 0 Å². The molecule has 0 spiro atoms.